The fraction of sp³-hybridized carbons (Fsp3) is 0.389. The second kappa shape index (κ2) is 6.76. The molecule has 1 atom stereocenters. The van der Waals surface area contributed by atoms with Crippen LogP contribution in [0.15, 0.2) is 36.4 Å². The van der Waals surface area contributed by atoms with Crippen LogP contribution in [-0.4, -0.2) is 45.6 Å². The van der Waals surface area contributed by atoms with Crippen LogP contribution in [0.4, 0.5) is 10.2 Å². The zero-order chi connectivity index (χ0) is 17.2. The number of piperidine rings is 1. The van der Waals surface area contributed by atoms with E-state index in [1.807, 2.05) is 19.1 Å². The molecule has 3 aromatic rings. The fourth-order valence-corrected chi connectivity index (χ4v) is 3.28. The lowest BCUT2D eigenvalue weighted by Crippen LogP contribution is -2.40. The Morgan fingerprint density at radius 1 is 1.20 bits per heavy atom. The van der Waals surface area contributed by atoms with Crippen molar-refractivity contribution < 1.29 is 9.13 Å². The normalized spacial score (nSPS) is 18.0. The summed E-state index contributed by atoms with van der Waals surface area (Å²) in [5.41, 5.74) is 0.992. The number of ether oxygens (including phenoxy) is 1. The quantitative estimate of drug-likeness (QED) is 0.730. The molecule has 0 amide bonds. The van der Waals surface area contributed by atoms with Crippen LogP contribution in [0.2, 0.25) is 0 Å². The first-order chi connectivity index (χ1) is 12.3. The number of halogens is 1. The Labute approximate surface area is 145 Å². The molecule has 1 aliphatic rings. The molecular formula is C18H20FN5O. The Kier molecular flexibility index (Phi) is 4.31. The molecule has 1 fully saturated rings. The van der Waals surface area contributed by atoms with Gasteiger partial charge in [-0.15, -0.1) is 15.3 Å². The maximum Gasteiger partial charge on any atom is 0.188 e. The summed E-state index contributed by atoms with van der Waals surface area (Å²) in [5.74, 6) is 0.904. The highest BCUT2D eigenvalue weighted by atomic mass is 19.1. The molecule has 4 rings (SSSR count). The lowest BCUT2D eigenvalue weighted by molar-refractivity contribution is 0.0525. The Hall–Kier alpha value is -2.54. The van der Waals surface area contributed by atoms with Gasteiger partial charge in [0.25, 0.3) is 0 Å². The van der Waals surface area contributed by atoms with Gasteiger partial charge in [0.2, 0.25) is 0 Å². The summed E-state index contributed by atoms with van der Waals surface area (Å²) in [6.45, 7) is 4.47. The molecule has 1 saturated heterocycles. The van der Waals surface area contributed by atoms with Crippen LogP contribution >= 0.6 is 0 Å². The smallest absolute Gasteiger partial charge is 0.188 e. The van der Waals surface area contributed by atoms with Gasteiger partial charge in [0.15, 0.2) is 11.5 Å². The van der Waals surface area contributed by atoms with Crippen LogP contribution < -0.4 is 4.90 Å². The van der Waals surface area contributed by atoms with Crippen molar-refractivity contribution in [3.05, 3.63) is 42.2 Å². The van der Waals surface area contributed by atoms with Gasteiger partial charge in [0.1, 0.15) is 11.6 Å². The van der Waals surface area contributed by atoms with Crippen molar-refractivity contribution in [3.8, 4) is 11.4 Å². The molecule has 6 nitrogen and oxygen atoms in total. The molecular weight excluding hydrogens is 321 g/mol. The summed E-state index contributed by atoms with van der Waals surface area (Å²) in [5, 5.41) is 12.9. The number of hydrogen-bond donors (Lipinski definition) is 0. The summed E-state index contributed by atoms with van der Waals surface area (Å²) in [6.07, 6.45) is 2.36. The average Bonchev–Trinajstić information content (AvgIpc) is 3.06. The van der Waals surface area contributed by atoms with Crippen molar-refractivity contribution in [2.24, 2.45) is 0 Å². The highest BCUT2D eigenvalue weighted by Crippen LogP contribution is 2.24. The van der Waals surface area contributed by atoms with Crippen LogP contribution in [0.1, 0.15) is 19.8 Å². The average molecular weight is 341 g/mol. The molecule has 0 N–H and O–H groups in total. The molecule has 25 heavy (non-hydrogen) atoms. The van der Waals surface area contributed by atoms with Crippen molar-refractivity contribution in [2.75, 3.05) is 24.6 Å². The maximum absolute atomic E-state index is 14.1. The molecule has 0 saturated carbocycles. The van der Waals surface area contributed by atoms with E-state index in [4.69, 9.17) is 4.74 Å². The molecule has 0 bridgehead atoms. The van der Waals surface area contributed by atoms with Gasteiger partial charge in [-0.25, -0.2) is 4.39 Å². The highest BCUT2D eigenvalue weighted by Gasteiger charge is 2.22. The zero-order valence-corrected chi connectivity index (χ0v) is 14.1. The molecule has 0 spiro atoms. The monoisotopic (exact) mass is 341 g/mol. The minimum Gasteiger partial charge on any atom is -0.377 e. The summed E-state index contributed by atoms with van der Waals surface area (Å²) in [4.78, 5) is 2.20. The summed E-state index contributed by atoms with van der Waals surface area (Å²) in [7, 11) is 0. The molecule has 7 heteroatoms. The van der Waals surface area contributed by atoms with E-state index in [1.165, 1.54) is 6.07 Å². The number of benzene rings is 1. The van der Waals surface area contributed by atoms with Gasteiger partial charge in [0.05, 0.1) is 11.7 Å². The van der Waals surface area contributed by atoms with Crippen molar-refractivity contribution >= 4 is 11.5 Å². The lowest BCUT2D eigenvalue weighted by atomic mass is 10.1. The molecule has 2 aromatic heterocycles. The first-order valence-electron chi connectivity index (χ1n) is 8.60. The second-order valence-electron chi connectivity index (χ2n) is 6.13. The van der Waals surface area contributed by atoms with E-state index in [1.54, 1.807) is 22.7 Å². The summed E-state index contributed by atoms with van der Waals surface area (Å²) in [6, 6.07) is 10.3. The number of fused-ring (bicyclic) bond motifs is 1. The standard InChI is InChI=1S/C18H20FN5O/c1-2-25-13-6-5-11-23(12-13)17-10-9-16-20-21-18(24(16)22-17)14-7-3-4-8-15(14)19/h3-4,7-10,13H,2,5-6,11-12H2,1H3. The number of rotatable bonds is 4. The predicted octanol–water partition coefficient (Wildman–Crippen LogP) is 2.94. The third-order valence-electron chi connectivity index (χ3n) is 4.47. The van der Waals surface area contributed by atoms with E-state index >= 15 is 0 Å². The largest absolute Gasteiger partial charge is 0.377 e. The van der Waals surface area contributed by atoms with Crippen molar-refractivity contribution in [3.63, 3.8) is 0 Å². The van der Waals surface area contributed by atoms with Crippen LogP contribution in [0.3, 0.4) is 0 Å². The summed E-state index contributed by atoms with van der Waals surface area (Å²) < 4.78 is 21.5. The topological polar surface area (TPSA) is 55.5 Å². The minimum atomic E-state index is -0.335. The molecule has 0 radical (unpaired) electrons. The van der Waals surface area contributed by atoms with E-state index in [2.05, 4.69) is 20.2 Å². The molecule has 1 aliphatic heterocycles. The number of aromatic nitrogens is 4. The Morgan fingerprint density at radius 2 is 2.08 bits per heavy atom. The Bertz CT molecular complexity index is 879. The van der Waals surface area contributed by atoms with Crippen LogP contribution in [0.25, 0.3) is 17.0 Å². The highest BCUT2D eigenvalue weighted by molar-refractivity contribution is 5.60. The number of nitrogens with zero attached hydrogens (tertiary/aromatic N) is 5. The summed E-state index contributed by atoms with van der Waals surface area (Å²) >= 11 is 0. The van der Waals surface area contributed by atoms with Gasteiger partial charge in [-0.2, -0.15) is 4.52 Å². The van der Waals surface area contributed by atoms with Crippen LogP contribution in [0.5, 0.6) is 0 Å². The first-order valence-corrected chi connectivity index (χ1v) is 8.60. The molecule has 1 aromatic carbocycles. The molecule has 130 valence electrons. The van der Waals surface area contributed by atoms with Crippen LogP contribution in [-0.2, 0) is 4.74 Å². The predicted molar refractivity (Wildman–Crippen MR) is 93.0 cm³/mol. The van der Waals surface area contributed by atoms with Gasteiger partial charge in [0, 0.05) is 19.7 Å². The van der Waals surface area contributed by atoms with Crippen molar-refractivity contribution in [2.45, 2.75) is 25.9 Å². The van der Waals surface area contributed by atoms with E-state index in [0.717, 1.165) is 31.7 Å². The second-order valence-corrected chi connectivity index (χ2v) is 6.13. The first kappa shape index (κ1) is 16.0. The van der Waals surface area contributed by atoms with Gasteiger partial charge < -0.3 is 9.64 Å². The molecule has 0 aliphatic carbocycles. The number of hydrogen-bond acceptors (Lipinski definition) is 5. The van der Waals surface area contributed by atoms with Gasteiger partial charge in [-0.1, -0.05) is 12.1 Å². The lowest BCUT2D eigenvalue weighted by Gasteiger charge is -2.33. The molecule has 3 heterocycles. The van der Waals surface area contributed by atoms with E-state index in [-0.39, 0.29) is 11.9 Å². The van der Waals surface area contributed by atoms with Crippen LogP contribution in [0, 0.1) is 5.82 Å². The van der Waals surface area contributed by atoms with E-state index in [9.17, 15) is 4.39 Å². The van der Waals surface area contributed by atoms with E-state index in [0.29, 0.717) is 23.6 Å². The van der Waals surface area contributed by atoms with Crippen molar-refractivity contribution in [1.29, 1.82) is 0 Å². The maximum atomic E-state index is 14.1. The minimum absolute atomic E-state index is 0.225. The SMILES string of the molecule is CCOC1CCCN(c2ccc3nnc(-c4ccccc4F)n3n2)C1. The third kappa shape index (κ3) is 3.07. The van der Waals surface area contributed by atoms with Crippen molar-refractivity contribution in [1.82, 2.24) is 19.8 Å². The van der Waals surface area contributed by atoms with Gasteiger partial charge in [-0.3, -0.25) is 0 Å². The van der Waals surface area contributed by atoms with E-state index < -0.39 is 0 Å². The Morgan fingerprint density at radius 3 is 2.92 bits per heavy atom. The fourth-order valence-electron chi connectivity index (χ4n) is 3.28. The zero-order valence-electron chi connectivity index (χ0n) is 14.1. The molecule has 1 unspecified atom stereocenters. The number of anilines is 1. The van der Waals surface area contributed by atoms with Gasteiger partial charge in [-0.05, 0) is 44.0 Å². The Balaban J connectivity index is 1.70. The van der Waals surface area contributed by atoms with Gasteiger partial charge >= 0.3 is 0 Å². The third-order valence-corrected chi connectivity index (χ3v) is 4.47.